The van der Waals surface area contributed by atoms with Crippen molar-refractivity contribution in [3.8, 4) is 0 Å². The average Bonchev–Trinajstić information content (AvgIpc) is 2.95. The van der Waals surface area contributed by atoms with Gasteiger partial charge in [0.25, 0.3) is 0 Å². The molecule has 3 amide bonds. The smallest absolute Gasteiger partial charge is 0.333 e. The maximum atomic E-state index is 12.5. The Balaban J connectivity index is 1.56. The number of benzene rings is 2. The first-order valence-corrected chi connectivity index (χ1v) is 7.93. The van der Waals surface area contributed by atoms with E-state index in [0.29, 0.717) is 6.54 Å². The van der Waals surface area contributed by atoms with Crippen molar-refractivity contribution in [1.82, 2.24) is 5.32 Å². The van der Waals surface area contributed by atoms with Crippen LogP contribution in [0.1, 0.15) is 12.0 Å². The monoisotopic (exact) mass is 363 g/mol. The minimum atomic E-state index is -4.42. The summed E-state index contributed by atoms with van der Waals surface area (Å²) in [4.78, 5) is 25.7. The van der Waals surface area contributed by atoms with Crippen LogP contribution in [-0.2, 0) is 11.0 Å². The van der Waals surface area contributed by atoms with E-state index in [1.54, 1.807) is 4.90 Å². The molecule has 0 aliphatic carbocycles. The van der Waals surface area contributed by atoms with Gasteiger partial charge in [-0.25, -0.2) is 4.79 Å². The summed E-state index contributed by atoms with van der Waals surface area (Å²) in [6.07, 6.45) is -4.26. The number of halogens is 3. The topological polar surface area (TPSA) is 61.4 Å². The van der Waals surface area contributed by atoms with Crippen LogP contribution in [0.25, 0.3) is 0 Å². The molecule has 1 saturated heterocycles. The Labute approximate surface area is 147 Å². The predicted octanol–water partition coefficient (Wildman–Crippen LogP) is 3.63. The van der Waals surface area contributed by atoms with Gasteiger partial charge < -0.3 is 15.5 Å². The molecule has 0 radical (unpaired) electrons. The van der Waals surface area contributed by atoms with Gasteiger partial charge in [0.05, 0.1) is 11.6 Å². The maximum absolute atomic E-state index is 12.5. The summed E-state index contributed by atoms with van der Waals surface area (Å²) in [5, 5.41) is 5.14. The molecule has 0 unspecified atom stereocenters. The lowest BCUT2D eigenvalue weighted by Crippen LogP contribution is -2.39. The van der Waals surface area contributed by atoms with E-state index in [-0.39, 0.29) is 24.1 Å². The van der Waals surface area contributed by atoms with Crippen molar-refractivity contribution in [2.24, 2.45) is 0 Å². The number of nitrogens with zero attached hydrogens (tertiary/aromatic N) is 1. The fourth-order valence-corrected chi connectivity index (χ4v) is 2.76. The highest BCUT2D eigenvalue weighted by Crippen LogP contribution is 2.29. The fraction of sp³-hybridized carbons (Fsp3) is 0.222. The summed E-state index contributed by atoms with van der Waals surface area (Å²) in [5.41, 5.74) is 0.202. The second kappa shape index (κ2) is 7.07. The third kappa shape index (κ3) is 4.14. The van der Waals surface area contributed by atoms with Crippen LogP contribution in [0.15, 0.2) is 54.6 Å². The first-order valence-electron chi connectivity index (χ1n) is 7.93. The molecule has 0 spiro atoms. The molecular weight excluding hydrogens is 347 g/mol. The number of anilines is 2. The molecule has 1 fully saturated rings. The lowest BCUT2D eigenvalue weighted by molar-refractivity contribution is -0.137. The largest absolute Gasteiger partial charge is 0.416 e. The quantitative estimate of drug-likeness (QED) is 0.875. The Morgan fingerprint density at radius 1 is 1.04 bits per heavy atom. The zero-order valence-electron chi connectivity index (χ0n) is 13.6. The molecule has 1 atom stereocenters. The van der Waals surface area contributed by atoms with Crippen LogP contribution in [0.5, 0.6) is 0 Å². The molecule has 3 rings (SSSR count). The SMILES string of the molecule is O=C(Nc1ccc(C(F)(F)F)cc1)N[C@H]1CC(=O)N(c2ccccc2)C1. The lowest BCUT2D eigenvalue weighted by atomic mass is 10.2. The number of nitrogens with one attached hydrogen (secondary N) is 2. The van der Waals surface area contributed by atoms with Crippen LogP contribution in [-0.4, -0.2) is 24.5 Å². The van der Waals surface area contributed by atoms with E-state index in [0.717, 1.165) is 17.8 Å². The number of para-hydroxylation sites is 1. The Morgan fingerprint density at radius 2 is 1.69 bits per heavy atom. The van der Waals surface area contributed by atoms with Gasteiger partial charge in [0.15, 0.2) is 0 Å². The maximum Gasteiger partial charge on any atom is 0.416 e. The molecule has 2 aromatic rings. The van der Waals surface area contributed by atoms with Gasteiger partial charge in [-0.2, -0.15) is 13.2 Å². The number of urea groups is 1. The van der Waals surface area contributed by atoms with E-state index in [4.69, 9.17) is 0 Å². The van der Waals surface area contributed by atoms with Gasteiger partial charge in [0, 0.05) is 24.3 Å². The molecule has 136 valence electrons. The molecule has 26 heavy (non-hydrogen) atoms. The molecule has 1 heterocycles. The van der Waals surface area contributed by atoms with Gasteiger partial charge >= 0.3 is 12.2 Å². The number of hydrogen-bond acceptors (Lipinski definition) is 2. The fourth-order valence-electron chi connectivity index (χ4n) is 2.76. The van der Waals surface area contributed by atoms with Crippen LogP contribution < -0.4 is 15.5 Å². The summed E-state index contributed by atoms with van der Waals surface area (Å²) in [7, 11) is 0. The van der Waals surface area contributed by atoms with E-state index in [9.17, 15) is 22.8 Å². The van der Waals surface area contributed by atoms with E-state index >= 15 is 0 Å². The molecule has 8 heteroatoms. The number of rotatable bonds is 3. The van der Waals surface area contributed by atoms with Crippen molar-refractivity contribution in [2.75, 3.05) is 16.8 Å². The highest BCUT2D eigenvalue weighted by Gasteiger charge is 2.32. The summed E-state index contributed by atoms with van der Waals surface area (Å²) in [6, 6.07) is 12.3. The minimum absolute atomic E-state index is 0.101. The van der Waals surface area contributed by atoms with Crippen LogP contribution in [0, 0.1) is 0 Å². The molecule has 0 aromatic heterocycles. The van der Waals surface area contributed by atoms with Crippen LogP contribution in [0.4, 0.5) is 29.3 Å². The molecule has 2 N–H and O–H groups in total. The van der Waals surface area contributed by atoms with Crippen molar-refractivity contribution >= 4 is 23.3 Å². The van der Waals surface area contributed by atoms with Gasteiger partial charge in [-0.3, -0.25) is 4.79 Å². The van der Waals surface area contributed by atoms with Gasteiger partial charge in [-0.1, -0.05) is 18.2 Å². The number of carbonyl (C=O) groups is 2. The Bertz CT molecular complexity index is 792. The van der Waals surface area contributed by atoms with Gasteiger partial charge in [-0.05, 0) is 36.4 Å². The summed E-state index contributed by atoms with van der Waals surface area (Å²) in [5.74, 6) is -0.101. The highest BCUT2D eigenvalue weighted by molar-refractivity contribution is 5.97. The Kier molecular flexibility index (Phi) is 4.83. The van der Waals surface area contributed by atoms with Crippen molar-refractivity contribution in [1.29, 1.82) is 0 Å². The zero-order chi connectivity index (χ0) is 18.7. The first-order chi connectivity index (χ1) is 12.3. The Morgan fingerprint density at radius 3 is 2.31 bits per heavy atom. The summed E-state index contributed by atoms with van der Waals surface area (Å²) < 4.78 is 37.6. The number of amides is 3. The minimum Gasteiger partial charge on any atom is -0.333 e. The number of hydrogen-bond donors (Lipinski definition) is 2. The van der Waals surface area contributed by atoms with Crippen molar-refractivity contribution in [2.45, 2.75) is 18.6 Å². The van der Waals surface area contributed by atoms with Crippen LogP contribution in [0.3, 0.4) is 0 Å². The van der Waals surface area contributed by atoms with Crippen molar-refractivity contribution in [3.63, 3.8) is 0 Å². The molecule has 0 bridgehead atoms. The first kappa shape index (κ1) is 17.8. The summed E-state index contributed by atoms with van der Waals surface area (Å²) >= 11 is 0. The summed E-state index contributed by atoms with van der Waals surface area (Å²) in [6.45, 7) is 0.337. The molecule has 2 aromatic carbocycles. The number of carbonyl (C=O) groups excluding carboxylic acids is 2. The Hall–Kier alpha value is -3.03. The van der Waals surface area contributed by atoms with Crippen molar-refractivity contribution in [3.05, 3.63) is 60.2 Å². The van der Waals surface area contributed by atoms with E-state index in [2.05, 4.69) is 10.6 Å². The van der Waals surface area contributed by atoms with Gasteiger partial charge in [0.1, 0.15) is 0 Å². The third-order valence-corrected chi connectivity index (χ3v) is 4.00. The third-order valence-electron chi connectivity index (χ3n) is 4.00. The average molecular weight is 363 g/mol. The standard InChI is InChI=1S/C18H16F3N3O2/c19-18(20,21)12-6-8-13(9-7-12)22-17(26)23-14-10-16(25)24(11-14)15-4-2-1-3-5-15/h1-9,14H,10-11H2,(H2,22,23,26)/t14-/m0/s1. The van der Waals surface area contributed by atoms with Crippen LogP contribution in [0.2, 0.25) is 0 Å². The highest BCUT2D eigenvalue weighted by atomic mass is 19.4. The van der Waals surface area contributed by atoms with E-state index in [1.165, 1.54) is 12.1 Å². The second-order valence-corrected chi connectivity index (χ2v) is 5.91. The van der Waals surface area contributed by atoms with E-state index in [1.807, 2.05) is 30.3 Å². The van der Waals surface area contributed by atoms with Gasteiger partial charge in [-0.15, -0.1) is 0 Å². The van der Waals surface area contributed by atoms with Crippen LogP contribution >= 0.6 is 0 Å². The molecule has 5 nitrogen and oxygen atoms in total. The molecule has 0 saturated carbocycles. The lowest BCUT2D eigenvalue weighted by Gasteiger charge is -2.17. The predicted molar refractivity (Wildman–Crippen MR) is 90.8 cm³/mol. The molecular formula is C18H16F3N3O2. The molecule has 1 aliphatic rings. The molecule has 1 aliphatic heterocycles. The van der Waals surface area contributed by atoms with Crippen molar-refractivity contribution < 1.29 is 22.8 Å². The van der Waals surface area contributed by atoms with E-state index < -0.39 is 17.8 Å². The second-order valence-electron chi connectivity index (χ2n) is 5.91. The van der Waals surface area contributed by atoms with Gasteiger partial charge in [0.2, 0.25) is 5.91 Å². The normalized spacial score (nSPS) is 17.3. The number of alkyl halides is 3. The zero-order valence-corrected chi connectivity index (χ0v) is 13.6.